The standard InChI is InChI=1S/C35H32ClF3N4O4/c36-24-2-5-31(28(38)18-24)46-20-23-17-26(3-4-27(23)37)47-25-7-13-42(14-8-25)19-32-41-34-29(39)15-22(1-6-33(44)45)16-30(34)43(32)21-35(9-10-35)11-12-40/h1-6,15-18,25H,7-11,13-14,19-21H2,(H,44,45)/b6-1+. The number of likely N-dealkylation sites (tertiary alicyclic amines) is 1. The Morgan fingerprint density at radius 3 is 2.57 bits per heavy atom. The Kier molecular flexibility index (Phi) is 9.43. The number of rotatable bonds is 12. The topological polar surface area (TPSA) is 101 Å². The zero-order chi connectivity index (χ0) is 33.1. The highest BCUT2D eigenvalue weighted by Crippen LogP contribution is 2.50. The molecule has 0 bridgehead atoms. The lowest BCUT2D eigenvalue weighted by Gasteiger charge is -2.32. The maximum absolute atomic E-state index is 15.2. The van der Waals surface area contributed by atoms with E-state index in [1.54, 1.807) is 18.2 Å². The first-order chi connectivity index (χ1) is 22.6. The molecule has 4 aromatic rings. The van der Waals surface area contributed by atoms with Crippen LogP contribution < -0.4 is 9.47 Å². The van der Waals surface area contributed by atoms with E-state index in [1.165, 1.54) is 30.3 Å². The minimum absolute atomic E-state index is 0.0309. The molecule has 0 amide bonds. The van der Waals surface area contributed by atoms with Crippen LogP contribution in [0.3, 0.4) is 0 Å². The van der Waals surface area contributed by atoms with Crippen LogP contribution in [0.15, 0.2) is 54.6 Å². The van der Waals surface area contributed by atoms with Crippen LogP contribution in [0.25, 0.3) is 17.1 Å². The number of imidazole rings is 1. The fourth-order valence-electron chi connectivity index (χ4n) is 5.94. The lowest BCUT2D eigenvalue weighted by atomic mass is 10.0. The molecular weight excluding hydrogens is 633 g/mol. The van der Waals surface area contributed by atoms with Gasteiger partial charge in [0.1, 0.15) is 35.6 Å². The van der Waals surface area contributed by atoms with Gasteiger partial charge in [0.05, 0.1) is 18.1 Å². The summed E-state index contributed by atoms with van der Waals surface area (Å²) in [4.78, 5) is 18.0. The van der Waals surface area contributed by atoms with E-state index in [4.69, 9.17) is 26.2 Å². The normalized spacial score (nSPS) is 16.4. The highest BCUT2D eigenvalue weighted by molar-refractivity contribution is 6.30. The quantitative estimate of drug-likeness (QED) is 0.156. The fourth-order valence-corrected chi connectivity index (χ4v) is 6.10. The summed E-state index contributed by atoms with van der Waals surface area (Å²) in [7, 11) is 0. The smallest absolute Gasteiger partial charge is 0.328 e. The van der Waals surface area contributed by atoms with Gasteiger partial charge in [0.25, 0.3) is 0 Å². The first-order valence-electron chi connectivity index (χ1n) is 15.3. The molecule has 1 aliphatic heterocycles. The van der Waals surface area contributed by atoms with E-state index in [0.29, 0.717) is 68.1 Å². The number of carboxylic acid groups (broad SMARTS) is 1. The van der Waals surface area contributed by atoms with E-state index >= 15 is 4.39 Å². The van der Waals surface area contributed by atoms with Gasteiger partial charge < -0.3 is 19.1 Å². The molecule has 12 heteroatoms. The number of aliphatic carboxylic acids is 1. The van der Waals surface area contributed by atoms with E-state index in [9.17, 15) is 18.8 Å². The molecule has 3 aromatic carbocycles. The van der Waals surface area contributed by atoms with Gasteiger partial charge in [-0.1, -0.05) is 11.6 Å². The van der Waals surface area contributed by atoms with Gasteiger partial charge in [0.2, 0.25) is 0 Å². The van der Waals surface area contributed by atoms with Crippen molar-refractivity contribution in [2.24, 2.45) is 5.41 Å². The Morgan fingerprint density at radius 2 is 1.87 bits per heavy atom. The van der Waals surface area contributed by atoms with Gasteiger partial charge >= 0.3 is 5.97 Å². The molecule has 1 N–H and O–H groups in total. The summed E-state index contributed by atoms with van der Waals surface area (Å²) in [5.41, 5.74) is 1.26. The van der Waals surface area contributed by atoms with E-state index in [1.807, 2.05) is 4.57 Å². The largest absolute Gasteiger partial charge is 0.490 e. The molecule has 1 aliphatic carbocycles. The third-order valence-electron chi connectivity index (χ3n) is 8.73. The number of halogens is 4. The number of nitriles is 1. The summed E-state index contributed by atoms with van der Waals surface area (Å²) in [5.74, 6) is -1.65. The van der Waals surface area contributed by atoms with Crippen molar-refractivity contribution in [2.75, 3.05) is 13.1 Å². The zero-order valence-corrected chi connectivity index (χ0v) is 26.2. The molecule has 244 valence electrons. The minimum atomic E-state index is -1.13. The molecule has 1 saturated carbocycles. The number of ether oxygens (including phenoxy) is 2. The van der Waals surface area contributed by atoms with Gasteiger partial charge in [0.15, 0.2) is 17.4 Å². The molecule has 8 nitrogen and oxygen atoms in total. The Morgan fingerprint density at radius 1 is 1.09 bits per heavy atom. The average molecular weight is 665 g/mol. The number of carbonyl (C=O) groups is 1. The summed E-state index contributed by atoms with van der Waals surface area (Å²) in [6.45, 7) is 2.16. The number of carboxylic acids is 1. The number of benzene rings is 3. The second-order valence-corrected chi connectivity index (χ2v) is 12.6. The molecule has 0 atom stereocenters. The molecule has 0 spiro atoms. The monoisotopic (exact) mass is 664 g/mol. The van der Waals surface area contributed by atoms with Crippen LogP contribution in [0.2, 0.25) is 5.02 Å². The van der Waals surface area contributed by atoms with E-state index in [0.717, 1.165) is 25.0 Å². The van der Waals surface area contributed by atoms with Crippen molar-refractivity contribution >= 4 is 34.7 Å². The van der Waals surface area contributed by atoms with Crippen molar-refractivity contribution in [3.8, 4) is 17.6 Å². The van der Waals surface area contributed by atoms with Crippen molar-refractivity contribution in [2.45, 2.75) is 57.9 Å². The average Bonchev–Trinajstić information content (AvgIpc) is 3.72. The SMILES string of the molecule is N#CCC1(Cn2c(CN3CCC(Oc4ccc(F)c(COc5ccc(Cl)cc5F)c4)CC3)nc3c(F)cc(/C=C/C(=O)O)cc32)CC1. The summed E-state index contributed by atoms with van der Waals surface area (Å²) < 4.78 is 57.5. The molecule has 2 fully saturated rings. The Balaban J connectivity index is 1.13. The Bertz CT molecular complexity index is 1880. The lowest BCUT2D eigenvalue weighted by Crippen LogP contribution is -2.38. The summed E-state index contributed by atoms with van der Waals surface area (Å²) in [6, 6.07) is 13.7. The maximum atomic E-state index is 15.2. The summed E-state index contributed by atoms with van der Waals surface area (Å²) in [6.07, 6.45) is 5.78. The Labute approximate surface area is 274 Å². The second kappa shape index (κ2) is 13.7. The van der Waals surface area contributed by atoms with Crippen LogP contribution in [0, 0.1) is 34.2 Å². The fraction of sp³-hybridized carbons (Fsp3) is 0.343. The van der Waals surface area contributed by atoms with E-state index in [2.05, 4.69) is 16.0 Å². The van der Waals surface area contributed by atoms with Gasteiger partial charge in [-0.25, -0.2) is 22.9 Å². The van der Waals surface area contributed by atoms with Gasteiger partial charge in [0, 0.05) is 48.1 Å². The number of aromatic nitrogens is 2. The van der Waals surface area contributed by atoms with Crippen LogP contribution >= 0.6 is 11.6 Å². The summed E-state index contributed by atoms with van der Waals surface area (Å²) in [5, 5.41) is 18.7. The molecule has 2 aliphatic rings. The van der Waals surface area contributed by atoms with Gasteiger partial charge in [-0.3, -0.25) is 4.90 Å². The highest BCUT2D eigenvalue weighted by Gasteiger charge is 2.43. The lowest BCUT2D eigenvalue weighted by molar-refractivity contribution is -0.131. The number of hydrogen-bond acceptors (Lipinski definition) is 6. The van der Waals surface area contributed by atoms with Gasteiger partial charge in [-0.15, -0.1) is 0 Å². The van der Waals surface area contributed by atoms with Crippen LogP contribution in [0.1, 0.15) is 49.1 Å². The Hall–Kier alpha value is -4.53. The predicted octanol–water partition coefficient (Wildman–Crippen LogP) is 7.52. The van der Waals surface area contributed by atoms with Crippen LogP contribution in [0.4, 0.5) is 13.2 Å². The molecule has 1 saturated heterocycles. The molecule has 0 unspecified atom stereocenters. The van der Waals surface area contributed by atoms with Gasteiger partial charge in [-0.05, 0) is 85.9 Å². The maximum Gasteiger partial charge on any atom is 0.328 e. The number of nitrogens with zero attached hydrogens (tertiary/aromatic N) is 4. The van der Waals surface area contributed by atoms with Crippen molar-refractivity contribution < 1.29 is 32.5 Å². The molecule has 6 rings (SSSR count). The van der Waals surface area contributed by atoms with Crippen LogP contribution in [0.5, 0.6) is 11.5 Å². The molecule has 0 radical (unpaired) electrons. The van der Waals surface area contributed by atoms with Crippen molar-refractivity contribution in [1.29, 1.82) is 5.26 Å². The summed E-state index contributed by atoms with van der Waals surface area (Å²) >= 11 is 5.79. The first kappa shape index (κ1) is 32.4. The van der Waals surface area contributed by atoms with Crippen molar-refractivity contribution in [1.82, 2.24) is 14.5 Å². The molecule has 1 aromatic heterocycles. The van der Waals surface area contributed by atoms with Crippen molar-refractivity contribution in [3.63, 3.8) is 0 Å². The van der Waals surface area contributed by atoms with Gasteiger partial charge in [-0.2, -0.15) is 5.26 Å². The number of hydrogen-bond donors (Lipinski definition) is 1. The highest BCUT2D eigenvalue weighted by atomic mass is 35.5. The van der Waals surface area contributed by atoms with E-state index in [-0.39, 0.29) is 40.0 Å². The predicted molar refractivity (Wildman–Crippen MR) is 169 cm³/mol. The number of fused-ring (bicyclic) bond motifs is 1. The molecule has 47 heavy (non-hydrogen) atoms. The third kappa shape index (κ3) is 7.72. The first-order valence-corrected chi connectivity index (χ1v) is 15.7. The van der Waals surface area contributed by atoms with E-state index < -0.39 is 23.4 Å². The van der Waals surface area contributed by atoms with Crippen molar-refractivity contribution in [3.05, 3.63) is 94.0 Å². The van der Waals surface area contributed by atoms with Crippen LogP contribution in [-0.2, 0) is 24.5 Å². The minimum Gasteiger partial charge on any atom is -0.490 e. The zero-order valence-electron chi connectivity index (χ0n) is 25.4. The second-order valence-electron chi connectivity index (χ2n) is 12.2. The molecular formula is C35H32ClF3N4O4. The van der Waals surface area contributed by atoms with Crippen LogP contribution in [-0.4, -0.2) is 44.7 Å². The number of piperidine rings is 1. The molecule has 2 heterocycles. The third-order valence-corrected chi connectivity index (χ3v) is 8.96.